The fourth-order valence-electron chi connectivity index (χ4n) is 1.85. The van der Waals surface area contributed by atoms with Crippen molar-refractivity contribution in [2.45, 2.75) is 13.0 Å². The molecular weight excluding hydrogens is 224 g/mol. The molecule has 2 aromatic rings. The van der Waals surface area contributed by atoms with Gasteiger partial charge in [0.05, 0.1) is 12.8 Å². The molecule has 0 aliphatic rings. The van der Waals surface area contributed by atoms with Gasteiger partial charge in [-0.15, -0.1) is 0 Å². The molecule has 0 radical (unpaired) electrons. The molecule has 3 nitrogen and oxygen atoms in total. The first-order chi connectivity index (χ1) is 8.90. The van der Waals surface area contributed by atoms with Crippen LogP contribution in [0.5, 0.6) is 5.75 Å². The highest BCUT2D eigenvalue weighted by Crippen LogP contribution is 2.17. The van der Waals surface area contributed by atoms with Crippen LogP contribution in [0, 0.1) is 0 Å². The van der Waals surface area contributed by atoms with Crippen LogP contribution in [0.15, 0.2) is 48.7 Å². The van der Waals surface area contributed by atoms with E-state index in [9.17, 15) is 0 Å². The zero-order valence-electron chi connectivity index (χ0n) is 10.6. The summed E-state index contributed by atoms with van der Waals surface area (Å²) in [6.07, 6.45) is 2.77. The van der Waals surface area contributed by atoms with Crippen molar-refractivity contribution in [3.05, 3.63) is 59.9 Å². The van der Waals surface area contributed by atoms with Crippen LogP contribution in [0.25, 0.3) is 0 Å². The maximum Gasteiger partial charge on any atom is 0.122 e. The highest BCUT2D eigenvalue weighted by molar-refractivity contribution is 5.33. The van der Waals surface area contributed by atoms with Gasteiger partial charge in [0.2, 0.25) is 0 Å². The monoisotopic (exact) mass is 242 g/mol. The number of rotatable bonds is 6. The number of nitrogens with zero attached hydrogens (tertiary/aromatic N) is 1. The molecule has 0 unspecified atom stereocenters. The molecule has 0 aliphatic carbocycles. The first-order valence-corrected chi connectivity index (χ1v) is 6.12. The number of ether oxygens (including phenoxy) is 1. The lowest BCUT2D eigenvalue weighted by molar-refractivity contribution is 0.409. The highest BCUT2D eigenvalue weighted by atomic mass is 16.5. The van der Waals surface area contributed by atoms with Gasteiger partial charge in [0, 0.05) is 12.7 Å². The molecule has 0 amide bonds. The smallest absolute Gasteiger partial charge is 0.122 e. The number of hydrogen-bond donors (Lipinski definition) is 1. The molecule has 0 atom stereocenters. The second-order valence-corrected chi connectivity index (χ2v) is 4.06. The van der Waals surface area contributed by atoms with Gasteiger partial charge in [-0.05, 0) is 36.7 Å². The third-order valence-electron chi connectivity index (χ3n) is 2.80. The van der Waals surface area contributed by atoms with Gasteiger partial charge in [0.15, 0.2) is 0 Å². The van der Waals surface area contributed by atoms with Gasteiger partial charge in [-0.1, -0.05) is 24.3 Å². The minimum Gasteiger partial charge on any atom is -0.496 e. The summed E-state index contributed by atoms with van der Waals surface area (Å²) in [4.78, 5) is 4.27. The molecule has 1 N–H and O–H groups in total. The van der Waals surface area contributed by atoms with Crippen LogP contribution < -0.4 is 10.1 Å². The summed E-state index contributed by atoms with van der Waals surface area (Å²) < 4.78 is 5.32. The zero-order valence-corrected chi connectivity index (χ0v) is 10.6. The number of aromatic nitrogens is 1. The minimum absolute atomic E-state index is 0.802. The van der Waals surface area contributed by atoms with E-state index in [0.29, 0.717) is 0 Å². The average molecular weight is 242 g/mol. The Morgan fingerprint density at radius 1 is 1.11 bits per heavy atom. The lowest BCUT2D eigenvalue weighted by atomic mass is 10.1. The van der Waals surface area contributed by atoms with E-state index in [2.05, 4.69) is 16.4 Å². The quantitative estimate of drug-likeness (QED) is 0.790. The number of para-hydroxylation sites is 1. The maximum atomic E-state index is 5.32. The summed E-state index contributed by atoms with van der Waals surface area (Å²) in [6.45, 7) is 1.72. The van der Waals surface area contributed by atoms with Gasteiger partial charge in [-0.2, -0.15) is 0 Å². The molecule has 1 aromatic heterocycles. The first-order valence-electron chi connectivity index (χ1n) is 6.12. The van der Waals surface area contributed by atoms with Crippen molar-refractivity contribution in [2.24, 2.45) is 0 Å². The van der Waals surface area contributed by atoms with E-state index in [1.165, 1.54) is 5.56 Å². The van der Waals surface area contributed by atoms with Gasteiger partial charge in [0.1, 0.15) is 5.75 Å². The number of benzene rings is 1. The van der Waals surface area contributed by atoms with Crippen molar-refractivity contribution in [2.75, 3.05) is 13.7 Å². The Morgan fingerprint density at radius 2 is 1.94 bits per heavy atom. The number of methoxy groups -OCH3 is 1. The summed E-state index contributed by atoms with van der Waals surface area (Å²) in [5.41, 5.74) is 2.30. The van der Waals surface area contributed by atoms with Gasteiger partial charge in [-0.3, -0.25) is 4.98 Å². The normalized spacial score (nSPS) is 10.3. The van der Waals surface area contributed by atoms with Gasteiger partial charge < -0.3 is 10.1 Å². The summed E-state index contributed by atoms with van der Waals surface area (Å²) in [6, 6.07) is 14.1. The van der Waals surface area contributed by atoms with E-state index in [4.69, 9.17) is 4.74 Å². The van der Waals surface area contributed by atoms with Crippen molar-refractivity contribution in [3.8, 4) is 5.75 Å². The van der Waals surface area contributed by atoms with E-state index in [1.54, 1.807) is 7.11 Å². The number of pyridine rings is 1. The van der Waals surface area contributed by atoms with Crippen molar-refractivity contribution < 1.29 is 4.74 Å². The fraction of sp³-hybridized carbons (Fsp3) is 0.267. The van der Waals surface area contributed by atoms with Gasteiger partial charge >= 0.3 is 0 Å². The van der Waals surface area contributed by atoms with E-state index in [1.807, 2.05) is 42.6 Å². The molecule has 2 rings (SSSR count). The highest BCUT2D eigenvalue weighted by Gasteiger charge is 2.00. The topological polar surface area (TPSA) is 34.1 Å². The van der Waals surface area contributed by atoms with Crippen LogP contribution >= 0.6 is 0 Å². The second kappa shape index (κ2) is 6.77. The molecule has 1 heterocycles. The fourth-order valence-corrected chi connectivity index (χ4v) is 1.85. The minimum atomic E-state index is 0.802. The van der Waals surface area contributed by atoms with Crippen LogP contribution in [0.1, 0.15) is 11.3 Å². The predicted molar refractivity (Wildman–Crippen MR) is 72.6 cm³/mol. The molecule has 94 valence electrons. The zero-order chi connectivity index (χ0) is 12.6. The molecule has 3 heteroatoms. The van der Waals surface area contributed by atoms with Crippen LogP contribution in [0.2, 0.25) is 0 Å². The van der Waals surface area contributed by atoms with Crippen LogP contribution in [-0.4, -0.2) is 18.6 Å². The molecule has 0 spiro atoms. The third kappa shape index (κ3) is 3.57. The summed E-state index contributed by atoms with van der Waals surface area (Å²) >= 11 is 0. The number of hydrogen-bond acceptors (Lipinski definition) is 3. The maximum absolute atomic E-state index is 5.32. The SMILES string of the molecule is COc1ccccc1CCNCc1ccccn1. The Balaban J connectivity index is 1.78. The van der Waals surface area contributed by atoms with Gasteiger partial charge in [0.25, 0.3) is 0 Å². The lowest BCUT2D eigenvalue weighted by Gasteiger charge is -2.08. The summed E-state index contributed by atoms with van der Waals surface area (Å²) in [7, 11) is 1.71. The molecule has 1 aromatic carbocycles. The van der Waals surface area contributed by atoms with Crippen LogP contribution in [0.3, 0.4) is 0 Å². The largest absolute Gasteiger partial charge is 0.496 e. The van der Waals surface area contributed by atoms with Crippen molar-refractivity contribution in [1.29, 1.82) is 0 Å². The van der Waals surface area contributed by atoms with E-state index in [-0.39, 0.29) is 0 Å². The summed E-state index contributed by atoms with van der Waals surface area (Å²) in [5, 5.41) is 3.38. The molecule has 0 aliphatic heterocycles. The molecule has 0 bridgehead atoms. The van der Waals surface area contributed by atoms with Gasteiger partial charge in [-0.25, -0.2) is 0 Å². The Kier molecular flexibility index (Phi) is 4.73. The van der Waals surface area contributed by atoms with Crippen LogP contribution in [0.4, 0.5) is 0 Å². The molecule has 18 heavy (non-hydrogen) atoms. The lowest BCUT2D eigenvalue weighted by Crippen LogP contribution is -2.17. The Labute approximate surface area is 108 Å². The second-order valence-electron chi connectivity index (χ2n) is 4.06. The Hall–Kier alpha value is -1.87. The Morgan fingerprint density at radius 3 is 2.72 bits per heavy atom. The van der Waals surface area contributed by atoms with E-state index in [0.717, 1.165) is 31.0 Å². The molecule has 0 saturated carbocycles. The van der Waals surface area contributed by atoms with Crippen LogP contribution in [-0.2, 0) is 13.0 Å². The average Bonchev–Trinajstić information content (AvgIpc) is 2.45. The standard InChI is InChI=1S/C15H18N2O/c1-18-15-8-3-2-6-13(15)9-11-16-12-14-7-4-5-10-17-14/h2-8,10,16H,9,11-12H2,1H3. The predicted octanol–water partition coefficient (Wildman–Crippen LogP) is 2.42. The Bertz CT molecular complexity index is 471. The van der Waals surface area contributed by atoms with E-state index >= 15 is 0 Å². The molecular formula is C15H18N2O. The van der Waals surface area contributed by atoms with Crippen molar-refractivity contribution in [1.82, 2.24) is 10.3 Å². The van der Waals surface area contributed by atoms with Crippen molar-refractivity contribution in [3.63, 3.8) is 0 Å². The van der Waals surface area contributed by atoms with Crippen molar-refractivity contribution >= 4 is 0 Å². The van der Waals surface area contributed by atoms with E-state index < -0.39 is 0 Å². The first kappa shape index (κ1) is 12.6. The summed E-state index contributed by atoms with van der Waals surface area (Å²) in [5.74, 6) is 0.956. The third-order valence-corrected chi connectivity index (χ3v) is 2.80. The molecule has 0 fully saturated rings. The number of nitrogens with one attached hydrogen (secondary N) is 1. The molecule has 0 saturated heterocycles.